The van der Waals surface area contributed by atoms with E-state index in [2.05, 4.69) is 21.8 Å². The van der Waals surface area contributed by atoms with Crippen LogP contribution in [0.2, 0.25) is 0 Å². The van der Waals surface area contributed by atoms with Gasteiger partial charge in [-0.25, -0.2) is 9.37 Å². The molecule has 1 N–H and O–H groups in total. The van der Waals surface area contributed by atoms with Gasteiger partial charge in [0, 0.05) is 31.0 Å². The van der Waals surface area contributed by atoms with Crippen LogP contribution < -0.4 is 5.32 Å². The van der Waals surface area contributed by atoms with E-state index in [0.29, 0.717) is 6.04 Å². The Morgan fingerprint density at radius 1 is 1.53 bits per heavy atom. The molecule has 100 valence electrons. The second-order valence-corrected chi connectivity index (χ2v) is 5.23. The molecular formula is C15H18FN3. The van der Waals surface area contributed by atoms with Gasteiger partial charge < -0.3 is 9.88 Å². The quantitative estimate of drug-likeness (QED) is 0.915. The van der Waals surface area contributed by atoms with Gasteiger partial charge in [-0.05, 0) is 37.0 Å². The summed E-state index contributed by atoms with van der Waals surface area (Å²) >= 11 is 0. The predicted octanol–water partition coefficient (Wildman–Crippen LogP) is 2.69. The van der Waals surface area contributed by atoms with E-state index in [1.165, 1.54) is 0 Å². The summed E-state index contributed by atoms with van der Waals surface area (Å²) in [7, 11) is 0. The zero-order valence-corrected chi connectivity index (χ0v) is 11.0. The Labute approximate surface area is 112 Å². The second-order valence-electron chi connectivity index (χ2n) is 5.23. The van der Waals surface area contributed by atoms with Crippen molar-refractivity contribution in [1.82, 2.24) is 14.9 Å². The third-order valence-corrected chi connectivity index (χ3v) is 3.74. The lowest BCUT2D eigenvalue weighted by atomic mass is 10.1. The topological polar surface area (TPSA) is 29.9 Å². The normalized spacial score (nSPS) is 19.4. The minimum absolute atomic E-state index is 0.0657. The Morgan fingerprint density at radius 2 is 2.42 bits per heavy atom. The van der Waals surface area contributed by atoms with Gasteiger partial charge in [0.15, 0.2) is 0 Å². The Bertz CT molecular complexity index is 551. The Morgan fingerprint density at radius 3 is 3.21 bits per heavy atom. The summed E-state index contributed by atoms with van der Waals surface area (Å²) in [6.07, 6.45) is 7.37. The van der Waals surface area contributed by atoms with E-state index in [-0.39, 0.29) is 11.9 Å². The first-order valence-electron chi connectivity index (χ1n) is 6.73. The average molecular weight is 259 g/mol. The largest absolute Gasteiger partial charge is 0.336 e. The van der Waals surface area contributed by atoms with E-state index >= 15 is 0 Å². The molecule has 2 atom stereocenters. The molecule has 1 aliphatic rings. The maximum Gasteiger partial charge on any atom is 0.126 e. The van der Waals surface area contributed by atoms with E-state index in [9.17, 15) is 4.39 Å². The highest BCUT2D eigenvalue weighted by atomic mass is 19.1. The van der Waals surface area contributed by atoms with Crippen molar-refractivity contribution in [1.29, 1.82) is 0 Å². The molecule has 0 saturated carbocycles. The minimum atomic E-state index is -0.0657. The van der Waals surface area contributed by atoms with Crippen LogP contribution in [0.1, 0.15) is 30.5 Å². The lowest BCUT2D eigenvalue weighted by Crippen LogP contribution is -2.32. The summed E-state index contributed by atoms with van der Waals surface area (Å²) in [5.41, 5.74) is 2.01. The predicted molar refractivity (Wildman–Crippen MR) is 72.3 cm³/mol. The summed E-state index contributed by atoms with van der Waals surface area (Å²) in [5.74, 6) is -0.0657. The molecule has 0 aliphatic heterocycles. The molecule has 3 rings (SSSR count). The van der Waals surface area contributed by atoms with E-state index in [4.69, 9.17) is 0 Å². The molecule has 0 radical (unpaired) electrons. The number of imidazole rings is 1. The summed E-state index contributed by atoms with van der Waals surface area (Å²) in [6.45, 7) is 3.03. The monoisotopic (exact) mass is 259 g/mol. The average Bonchev–Trinajstić information content (AvgIpc) is 3.01. The molecule has 0 amide bonds. The van der Waals surface area contributed by atoms with Gasteiger partial charge in [-0.3, -0.25) is 0 Å². The molecule has 1 aromatic carbocycles. The maximum atomic E-state index is 13.7. The zero-order chi connectivity index (χ0) is 13.2. The van der Waals surface area contributed by atoms with Crippen molar-refractivity contribution < 1.29 is 4.39 Å². The molecule has 0 fully saturated rings. The highest BCUT2D eigenvalue weighted by molar-refractivity contribution is 5.35. The molecule has 0 bridgehead atoms. The number of fused-ring (bicyclic) bond motifs is 1. The smallest absolute Gasteiger partial charge is 0.126 e. The molecule has 0 spiro atoms. The van der Waals surface area contributed by atoms with Crippen LogP contribution >= 0.6 is 0 Å². The van der Waals surface area contributed by atoms with Gasteiger partial charge in [0.25, 0.3) is 0 Å². The molecule has 2 aromatic rings. The van der Waals surface area contributed by atoms with Crippen LogP contribution in [0.25, 0.3) is 0 Å². The first kappa shape index (κ1) is 12.4. The fourth-order valence-electron chi connectivity index (χ4n) is 2.89. The Hall–Kier alpha value is -1.68. The molecule has 2 unspecified atom stereocenters. The third kappa shape index (κ3) is 2.54. The van der Waals surface area contributed by atoms with Crippen LogP contribution in [0, 0.1) is 5.82 Å². The van der Waals surface area contributed by atoms with Crippen LogP contribution in [-0.4, -0.2) is 15.6 Å². The molecule has 0 saturated heterocycles. The van der Waals surface area contributed by atoms with Gasteiger partial charge >= 0.3 is 0 Å². The summed E-state index contributed by atoms with van der Waals surface area (Å²) < 4.78 is 15.7. The van der Waals surface area contributed by atoms with Crippen LogP contribution in [0.5, 0.6) is 0 Å². The number of benzene rings is 1. The third-order valence-electron chi connectivity index (χ3n) is 3.74. The lowest BCUT2D eigenvalue weighted by Gasteiger charge is -2.20. The molecular weight excluding hydrogens is 241 g/mol. The lowest BCUT2D eigenvalue weighted by molar-refractivity contribution is 0.412. The highest BCUT2D eigenvalue weighted by Crippen LogP contribution is 2.32. The van der Waals surface area contributed by atoms with Gasteiger partial charge in [-0.1, -0.05) is 12.1 Å². The number of nitrogens with zero attached hydrogens (tertiary/aromatic N) is 2. The van der Waals surface area contributed by atoms with E-state index in [0.717, 1.165) is 30.5 Å². The number of rotatable bonds is 4. The summed E-state index contributed by atoms with van der Waals surface area (Å²) in [4.78, 5) is 4.04. The Kier molecular flexibility index (Phi) is 3.34. The van der Waals surface area contributed by atoms with Crippen molar-refractivity contribution in [2.24, 2.45) is 0 Å². The number of hydrogen-bond donors (Lipinski definition) is 1. The second kappa shape index (κ2) is 5.13. The molecule has 1 aromatic heterocycles. The zero-order valence-electron chi connectivity index (χ0n) is 11.0. The van der Waals surface area contributed by atoms with Crippen molar-refractivity contribution in [3.8, 4) is 0 Å². The maximum absolute atomic E-state index is 13.7. The van der Waals surface area contributed by atoms with Crippen molar-refractivity contribution in [3.05, 3.63) is 53.9 Å². The fourth-order valence-corrected chi connectivity index (χ4v) is 2.89. The van der Waals surface area contributed by atoms with Gasteiger partial charge in [-0.2, -0.15) is 0 Å². The van der Waals surface area contributed by atoms with Crippen molar-refractivity contribution >= 4 is 0 Å². The van der Waals surface area contributed by atoms with Gasteiger partial charge in [0.1, 0.15) is 5.82 Å². The number of aromatic nitrogens is 2. The molecule has 3 nitrogen and oxygen atoms in total. The van der Waals surface area contributed by atoms with Gasteiger partial charge in [-0.15, -0.1) is 0 Å². The molecule has 1 aliphatic carbocycles. The van der Waals surface area contributed by atoms with Crippen LogP contribution in [-0.2, 0) is 13.0 Å². The first-order chi connectivity index (χ1) is 9.24. The van der Waals surface area contributed by atoms with Crippen LogP contribution in [0.15, 0.2) is 36.9 Å². The highest BCUT2D eigenvalue weighted by Gasteiger charge is 2.25. The number of nitrogens with one attached hydrogen (secondary N) is 1. The van der Waals surface area contributed by atoms with Crippen molar-refractivity contribution in [2.45, 2.75) is 38.4 Å². The van der Waals surface area contributed by atoms with Gasteiger partial charge in [0.2, 0.25) is 0 Å². The molecule has 1 heterocycles. The van der Waals surface area contributed by atoms with Crippen molar-refractivity contribution in [2.75, 3.05) is 0 Å². The van der Waals surface area contributed by atoms with Gasteiger partial charge in [0.05, 0.1) is 6.33 Å². The van der Waals surface area contributed by atoms with E-state index in [1.807, 2.05) is 18.6 Å². The van der Waals surface area contributed by atoms with E-state index in [1.54, 1.807) is 18.3 Å². The SMILES string of the molecule is CC(Cn1ccnc1)NC1CCc2c(F)cccc21. The van der Waals surface area contributed by atoms with E-state index < -0.39 is 0 Å². The fraction of sp³-hybridized carbons (Fsp3) is 0.400. The molecule has 19 heavy (non-hydrogen) atoms. The Balaban J connectivity index is 1.68. The molecule has 4 heteroatoms. The first-order valence-corrected chi connectivity index (χ1v) is 6.73. The van der Waals surface area contributed by atoms with Crippen molar-refractivity contribution in [3.63, 3.8) is 0 Å². The summed E-state index contributed by atoms with van der Waals surface area (Å²) in [6, 6.07) is 5.98. The van der Waals surface area contributed by atoms with Crippen LogP contribution in [0.4, 0.5) is 4.39 Å². The number of halogens is 1. The standard InChI is InChI=1S/C15H18FN3/c1-11(9-19-8-7-17-10-19)18-15-6-5-12-13(15)3-2-4-14(12)16/h2-4,7-8,10-11,15,18H,5-6,9H2,1H3. The minimum Gasteiger partial charge on any atom is -0.336 e. The van der Waals surface area contributed by atoms with Crippen LogP contribution in [0.3, 0.4) is 0 Å². The number of hydrogen-bond acceptors (Lipinski definition) is 2. The summed E-state index contributed by atoms with van der Waals surface area (Å²) in [5, 5.41) is 3.59.